The van der Waals surface area contributed by atoms with Gasteiger partial charge in [-0.05, 0) is 18.4 Å². The summed E-state index contributed by atoms with van der Waals surface area (Å²) in [4.78, 5) is 38.7. The third-order valence-electron chi connectivity index (χ3n) is 3.74. The minimum atomic E-state index is -0.554. The van der Waals surface area contributed by atoms with Gasteiger partial charge in [0.25, 0.3) is 5.91 Å². The van der Waals surface area contributed by atoms with Crippen LogP contribution >= 0.6 is 11.3 Å². The predicted molar refractivity (Wildman–Crippen MR) is 91.1 cm³/mol. The number of piperazine rings is 1. The van der Waals surface area contributed by atoms with E-state index in [0.717, 1.165) is 0 Å². The zero-order valence-electron chi connectivity index (χ0n) is 13.6. The van der Waals surface area contributed by atoms with Crippen LogP contribution in [0.3, 0.4) is 0 Å². The van der Waals surface area contributed by atoms with Crippen molar-refractivity contribution in [3.05, 3.63) is 17.0 Å². The fraction of sp³-hybridized carbons (Fsp3) is 0.533. The molecule has 8 nitrogen and oxygen atoms in total. The van der Waals surface area contributed by atoms with Crippen molar-refractivity contribution in [3.8, 4) is 0 Å². The van der Waals surface area contributed by atoms with Crippen molar-refractivity contribution in [2.75, 3.05) is 44.6 Å². The Labute approximate surface area is 144 Å². The van der Waals surface area contributed by atoms with Crippen LogP contribution in [-0.2, 0) is 9.53 Å². The smallest absolute Gasteiger partial charge is 0.409 e. The Morgan fingerprint density at radius 1 is 1.29 bits per heavy atom. The molecule has 3 amide bonds. The highest BCUT2D eigenvalue weighted by Crippen LogP contribution is 2.22. The van der Waals surface area contributed by atoms with Gasteiger partial charge in [-0.15, -0.1) is 11.3 Å². The average Bonchev–Trinajstić information content (AvgIpc) is 3.02. The Kier molecular flexibility index (Phi) is 6.56. The van der Waals surface area contributed by atoms with Crippen LogP contribution in [0.2, 0.25) is 0 Å². The minimum absolute atomic E-state index is 0.159. The third-order valence-corrected chi connectivity index (χ3v) is 4.57. The van der Waals surface area contributed by atoms with Gasteiger partial charge in [0.1, 0.15) is 5.00 Å². The van der Waals surface area contributed by atoms with E-state index in [-0.39, 0.29) is 12.0 Å². The van der Waals surface area contributed by atoms with Gasteiger partial charge in [-0.3, -0.25) is 14.5 Å². The third kappa shape index (κ3) is 4.93. The van der Waals surface area contributed by atoms with Crippen molar-refractivity contribution < 1.29 is 19.1 Å². The molecule has 1 fully saturated rings. The largest absolute Gasteiger partial charge is 0.450 e. The highest BCUT2D eigenvalue weighted by molar-refractivity contribution is 7.14. The first-order valence-electron chi connectivity index (χ1n) is 7.82. The number of nitrogens with two attached hydrogens (primary N) is 1. The minimum Gasteiger partial charge on any atom is -0.450 e. The molecule has 9 heteroatoms. The molecule has 132 valence electrons. The van der Waals surface area contributed by atoms with E-state index in [9.17, 15) is 14.4 Å². The van der Waals surface area contributed by atoms with Gasteiger partial charge in [-0.2, -0.15) is 0 Å². The fourth-order valence-corrected chi connectivity index (χ4v) is 3.23. The molecule has 2 rings (SSSR count). The molecule has 1 aliphatic heterocycles. The number of carbonyl (C=O) groups is 3. The summed E-state index contributed by atoms with van der Waals surface area (Å²) in [5.41, 5.74) is 5.58. The van der Waals surface area contributed by atoms with E-state index in [1.165, 1.54) is 11.3 Å². The average molecular weight is 354 g/mol. The molecule has 1 aliphatic rings. The predicted octanol–water partition coefficient (Wildman–Crippen LogP) is 0.950. The molecule has 0 radical (unpaired) electrons. The summed E-state index contributed by atoms with van der Waals surface area (Å²) in [7, 11) is 0. The molecule has 0 spiro atoms. The lowest BCUT2D eigenvalue weighted by molar-refractivity contribution is -0.116. The number of nitrogens with one attached hydrogen (secondary N) is 1. The van der Waals surface area contributed by atoms with Crippen LogP contribution in [0.15, 0.2) is 11.4 Å². The molecule has 1 aromatic heterocycles. The van der Waals surface area contributed by atoms with E-state index in [1.54, 1.807) is 23.3 Å². The van der Waals surface area contributed by atoms with Crippen LogP contribution in [0.1, 0.15) is 23.7 Å². The van der Waals surface area contributed by atoms with Gasteiger partial charge in [0.05, 0.1) is 12.2 Å². The van der Waals surface area contributed by atoms with Crippen LogP contribution in [-0.4, -0.2) is 67.0 Å². The maximum atomic E-state index is 12.0. The van der Waals surface area contributed by atoms with Gasteiger partial charge in [-0.25, -0.2) is 4.79 Å². The molecule has 0 saturated carbocycles. The van der Waals surface area contributed by atoms with E-state index >= 15 is 0 Å². The standard InChI is InChI=1S/C15H22N4O4S/c1-2-23-15(22)19-8-6-18(7-9-19)5-3-12(20)17-14-11(13(16)21)4-10-24-14/h4,10H,2-3,5-9H2,1H3,(H2,16,21)(H,17,20). The van der Waals surface area contributed by atoms with Gasteiger partial charge >= 0.3 is 6.09 Å². The van der Waals surface area contributed by atoms with E-state index in [4.69, 9.17) is 10.5 Å². The number of anilines is 1. The first-order chi connectivity index (χ1) is 11.5. The van der Waals surface area contributed by atoms with Crippen LogP contribution in [0, 0.1) is 0 Å². The highest BCUT2D eigenvalue weighted by Gasteiger charge is 2.22. The SMILES string of the molecule is CCOC(=O)N1CCN(CCC(=O)Nc2sccc2C(N)=O)CC1. The van der Waals surface area contributed by atoms with Gasteiger partial charge in [0.2, 0.25) is 5.91 Å². The van der Waals surface area contributed by atoms with Crippen molar-refractivity contribution in [1.82, 2.24) is 9.80 Å². The highest BCUT2D eigenvalue weighted by atomic mass is 32.1. The molecule has 0 unspecified atom stereocenters. The van der Waals surface area contributed by atoms with Crippen molar-refractivity contribution in [2.24, 2.45) is 5.73 Å². The molecule has 0 bridgehead atoms. The zero-order valence-corrected chi connectivity index (χ0v) is 14.4. The second-order valence-electron chi connectivity index (χ2n) is 5.35. The molecule has 2 heterocycles. The summed E-state index contributed by atoms with van der Waals surface area (Å²) >= 11 is 1.27. The molecule has 0 aromatic carbocycles. The number of amides is 3. The Bertz CT molecular complexity index is 596. The van der Waals surface area contributed by atoms with Crippen LogP contribution < -0.4 is 11.1 Å². The summed E-state index contributed by atoms with van der Waals surface area (Å²) in [6, 6.07) is 1.59. The van der Waals surface area contributed by atoms with E-state index in [1.807, 2.05) is 0 Å². The van der Waals surface area contributed by atoms with Crippen LogP contribution in [0.5, 0.6) is 0 Å². The lowest BCUT2D eigenvalue weighted by Gasteiger charge is -2.33. The Morgan fingerprint density at radius 2 is 2.00 bits per heavy atom. The van der Waals surface area contributed by atoms with Crippen molar-refractivity contribution in [2.45, 2.75) is 13.3 Å². The zero-order chi connectivity index (χ0) is 17.5. The lowest BCUT2D eigenvalue weighted by Crippen LogP contribution is -2.49. The van der Waals surface area contributed by atoms with Crippen LogP contribution in [0.4, 0.5) is 9.80 Å². The summed E-state index contributed by atoms with van der Waals surface area (Å²) < 4.78 is 4.97. The summed E-state index contributed by atoms with van der Waals surface area (Å²) in [5.74, 6) is -0.714. The van der Waals surface area contributed by atoms with Crippen molar-refractivity contribution in [3.63, 3.8) is 0 Å². The maximum absolute atomic E-state index is 12.0. The van der Waals surface area contributed by atoms with Crippen molar-refractivity contribution in [1.29, 1.82) is 0 Å². The van der Waals surface area contributed by atoms with Gasteiger partial charge in [0.15, 0.2) is 0 Å². The summed E-state index contributed by atoms with van der Waals surface area (Å²) in [6.07, 6.45) is 0.0294. The van der Waals surface area contributed by atoms with E-state index < -0.39 is 5.91 Å². The van der Waals surface area contributed by atoms with Crippen LogP contribution in [0.25, 0.3) is 0 Å². The molecule has 0 atom stereocenters. The first kappa shape index (κ1) is 18.2. The van der Waals surface area contributed by atoms with Gasteiger partial charge < -0.3 is 20.7 Å². The fourth-order valence-electron chi connectivity index (χ4n) is 2.42. The number of nitrogens with zero attached hydrogens (tertiary/aromatic N) is 2. The topological polar surface area (TPSA) is 105 Å². The molecule has 24 heavy (non-hydrogen) atoms. The molecule has 1 saturated heterocycles. The maximum Gasteiger partial charge on any atom is 0.409 e. The Morgan fingerprint density at radius 3 is 2.62 bits per heavy atom. The van der Waals surface area contributed by atoms with E-state index in [0.29, 0.717) is 56.3 Å². The lowest BCUT2D eigenvalue weighted by atomic mass is 10.2. The quantitative estimate of drug-likeness (QED) is 0.791. The molecular weight excluding hydrogens is 332 g/mol. The monoisotopic (exact) mass is 354 g/mol. The first-order valence-corrected chi connectivity index (χ1v) is 8.70. The number of carbonyl (C=O) groups excluding carboxylic acids is 3. The van der Waals surface area contributed by atoms with Crippen molar-refractivity contribution >= 4 is 34.2 Å². The second-order valence-corrected chi connectivity index (χ2v) is 6.27. The number of hydrogen-bond acceptors (Lipinski definition) is 6. The molecule has 3 N–H and O–H groups in total. The normalized spacial score (nSPS) is 15.1. The number of primary amides is 1. The number of hydrogen-bond donors (Lipinski definition) is 2. The summed E-state index contributed by atoms with van der Waals surface area (Å²) in [6.45, 7) is 5.35. The Balaban J connectivity index is 1.72. The molecule has 0 aliphatic carbocycles. The summed E-state index contributed by atoms with van der Waals surface area (Å²) in [5, 5.41) is 4.92. The van der Waals surface area contributed by atoms with Gasteiger partial charge in [-0.1, -0.05) is 0 Å². The number of thiophene rings is 1. The van der Waals surface area contributed by atoms with Gasteiger partial charge in [0, 0.05) is 39.1 Å². The number of rotatable bonds is 6. The Hall–Kier alpha value is -2.13. The number of ether oxygens (including phenoxy) is 1. The van der Waals surface area contributed by atoms with E-state index in [2.05, 4.69) is 10.2 Å². The second kappa shape index (κ2) is 8.65. The molecule has 1 aromatic rings. The molecular formula is C15H22N4O4S.